The number of hydrogen-bond donors (Lipinski definition) is 2. The van der Waals surface area contributed by atoms with Gasteiger partial charge in [-0.25, -0.2) is 0 Å². The van der Waals surface area contributed by atoms with Gasteiger partial charge in [-0.05, 0) is 49.9 Å². The molecule has 0 aromatic heterocycles. The molecule has 7 nitrogen and oxygen atoms in total. The summed E-state index contributed by atoms with van der Waals surface area (Å²) < 4.78 is 5.47. The van der Waals surface area contributed by atoms with Gasteiger partial charge in [-0.15, -0.1) is 0 Å². The molecule has 0 spiro atoms. The maximum absolute atomic E-state index is 11.8. The first-order valence-corrected chi connectivity index (χ1v) is 11.8. The van der Waals surface area contributed by atoms with E-state index in [9.17, 15) is 14.4 Å². The fourth-order valence-corrected chi connectivity index (χ4v) is 3.57. The summed E-state index contributed by atoms with van der Waals surface area (Å²) in [5, 5.41) is 5.26. The summed E-state index contributed by atoms with van der Waals surface area (Å²) >= 11 is 6.02. The number of likely N-dealkylation sites (tertiary alicyclic amines) is 1. The minimum absolute atomic E-state index is 0.00502. The molecule has 0 aliphatic carbocycles. The molecule has 8 heteroatoms. The van der Waals surface area contributed by atoms with E-state index in [1.165, 1.54) is 18.7 Å². The van der Waals surface area contributed by atoms with Crippen LogP contribution in [0.2, 0.25) is 5.02 Å². The predicted octanol–water partition coefficient (Wildman–Crippen LogP) is 4.05. The molecule has 0 saturated carbocycles. The lowest BCUT2D eigenvalue weighted by molar-refractivity contribution is -0.135. The number of likely N-dealkylation sites (N-methyl/N-ethyl adjacent to an activating group) is 1. The molecule has 1 unspecified atom stereocenters. The largest absolute Gasteiger partial charge is 0.489 e. The Morgan fingerprint density at radius 3 is 2.47 bits per heavy atom. The summed E-state index contributed by atoms with van der Waals surface area (Å²) in [5.74, 6) is 0.766. The molecule has 1 atom stereocenters. The number of nitrogens with zero attached hydrogens (tertiary/aromatic N) is 1. The number of amides is 3. The molecule has 3 rings (SSSR count). The average molecular weight is 488 g/mol. The van der Waals surface area contributed by atoms with Gasteiger partial charge in [0.1, 0.15) is 5.75 Å². The Hall–Kier alpha value is -3.06. The first-order chi connectivity index (χ1) is 16.2. The van der Waals surface area contributed by atoms with Crippen LogP contribution in [0.15, 0.2) is 48.5 Å². The van der Waals surface area contributed by atoms with E-state index in [-0.39, 0.29) is 24.5 Å². The molecular weight excluding hydrogens is 454 g/mol. The van der Waals surface area contributed by atoms with Gasteiger partial charge in [0.05, 0.1) is 17.7 Å². The Morgan fingerprint density at radius 2 is 1.88 bits per heavy atom. The van der Waals surface area contributed by atoms with Crippen LogP contribution in [0.3, 0.4) is 0 Å². The lowest BCUT2D eigenvalue weighted by atomic mass is 9.98. The third-order valence-electron chi connectivity index (χ3n) is 5.23. The third kappa shape index (κ3) is 9.06. The molecule has 0 bridgehead atoms. The molecular formula is C26H34ClN3O4. The van der Waals surface area contributed by atoms with Crippen molar-refractivity contribution in [3.05, 3.63) is 64.7 Å². The molecule has 1 aliphatic heterocycles. The molecule has 2 N–H and O–H groups in total. The Labute approximate surface area is 206 Å². The second-order valence-corrected chi connectivity index (χ2v) is 8.97. The normalized spacial score (nSPS) is 15.3. The molecule has 184 valence electrons. The molecule has 2 aromatic carbocycles. The van der Waals surface area contributed by atoms with E-state index in [4.69, 9.17) is 16.3 Å². The molecule has 1 fully saturated rings. The summed E-state index contributed by atoms with van der Waals surface area (Å²) in [6, 6.07) is 14.9. The second-order valence-electron chi connectivity index (χ2n) is 8.57. The zero-order chi connectivity index (χ0) is 25.1. The highest BCUT2D eigenvalue weighted by atomic mass is 35.5. The highest BCUT2D eigenvalue weighted by Crippen LogP contribution is 2.26. The van der Waals surface area contributed by atoms with Gasteiger partial charge in [-0.1, -0.05) is 48.9 Å². The van der Waals surface area contributed by atoms with Crippen molar-refractivity contribution in [2.75, 3.05) is 20.1 Å². The quantitative estimate of drug-likeness (QED) is 0.616. The molecule has 3 amide bonds. The summed E-state index contributed by atoms with van der Waals surface area (Å²) in [6.45, 7) is 7.54. The standard InChI is InChI=1S/C13H17ClN2O3.C13H17NO/c1-8(2)19-11-5-4-9(6-10(11)14)13(18)16-7-12(17)15-3;1-11-7-8-14(13(15)9-11)10-12-5-3-2-4-6-12/h4-6,8H,7H2,1-3H3,(H,15,17)(H,16,18);2-6,11H,7-10H2,1H3. The van der Waals surface area contributed by atoms with Crippen LogP contribution in [0.25, 0.3) is 0 Å². The summed E-state index contributed by atoms with van der Waals surface area (Å²) in [4.78, 5) is 36.5. The van der Waals surface area contributed by atoms with Crippen LogP contribution >= 0.6 is 11.6 Å². The van der Waals surface area contributed by atoms with Crippen molar-refractivity contribution in [2.45, 2.75) is 46.3 Å². The van der Waals surface area contributed by atoms with Gasteiger partial charge in [0.25, 0.3) is 5.91 Å². The average Bonchev–Trinajstić information content (AvgIpc) is 2.81. The minimum atomic E-state index is -0.360. The maximum Gasteiger partial charge on any atom is 0.251 e. The summed E-state index contributed by atoms with van der Waals surface area (Å²) in [7, 11) is 1.50. The molecule has 1 saturated heterocycles. The van der Waals surface area contributed by atoms with Crippen molar-refractivity contribution in [1.29, 1.82) is 0 Å². The van der Waals surface area contributed by atoms with Crippen LogP contribution in [0.5, 0.6) is 5.75 Å². The fourth-order valence-electron chi connectivity index (χ4n) is 3.34. The molecule has 34 heavy (non-hydrogen) atoms. The lowest BCUT2D eigenvalue weighted by Crippen LogP contribution is -2.37. The highest BCUT2D eigenvalue weighted by Gasteiger charge is 2.22. The van der Waals surface area contributed by atoms with Gasteiger partial charge in [0.2, 0.25) is 11.8 Å². The number of piperidine rings is 1. The predicted molar refractivity (Wildman–Crippen MR) is 134 cm³/mol. The number of benzene rings is 2. The lowest BCUT2D eigenvalue weighted by Gasteiger charge is -2.30. The Balaban J connectivity index is 0.000000246. The van der Waals surface area contributed by atoms with Crippen molar-refractivity contribution in [1.82, 2.24) is 15.5 Å². The van der Waals surface area contributed by atoms with Crippen LogP contribution in [0.1, 0.15) is 49.5 Å². The first-order valence-electron chi connectivity index (χ1n) is 11.5. The van der Waals surface area contributed by atoms with Gasteiger partial charge in [-0.3, -0.25) is 14.4 Å². The number of carbonyl (C=O) groups is 3. The molecule has 0 radical (unpaired) electrons. The van der Waals surface area contributed by atoms with Crippen LogP contribution in [0, 0.1) is 5.92 Å². The van der Waals surface area contributed by atoms with E-state index in [0.717, 1.165) is 19.5 Å². The van der Waals surface area contributed by atoms with Crippen molar-refractivity contribution < 1.29 is 19.1 Å². The van der Waals surface area contributed by atoms with Gasteiger partial charge in [0.15, 0.2) is 0 Å². The number of nitrogens with one attached hydrogen (secondary N) is 2. The van der Waals surface area contributed by atoms with E-state index in [2.05, 4.69) is 29.7 Å². The van der Waals surface area contributed by atoms with Gasteiger partial charge < -0.3 is 20.3 Å². The van der Waals surface area contributed by atoms with E-state index in [1.807, 2.05) is 36.9 Å². The topological polar surface area (TPSA) is 87.7 Å². The van der Waals surface area contributed by atoms with Gasteiger partial charge >= 0.3 is 0 Å². The number of carbonyl (C=O) groups excluding carboxylic acids is 3. The SMILES string of the molecule is CC1CCN(Cc2ccccc2)C(=O)C1.CNC(=O)CNC(=O)c1ccc(OC(C)C)c(Cl)c1. The second kappa shape index (κ2) is 13.6. The highest BCUT2D eigenvalue weighted by molar-refractivity contribution is 6.32. The van der Waals surface area contributed by atoms with Gasteiger partial charge in [0, 0.05) is 32.1 Å². The first kappa shape index (κ1) is 27.2. The number of halogens is 1. The van der Waals surface area contributed by atoms with E-state index < -0.39 is 0 Å². The van der Waals surface area contributed by atoms with Crippen molar-refractivity contribution >= 4 is 29.3 Å². The minimum Gasteiger partial charge on any atom is -0.489 e. The molecule has 1 aliphatic rings. The van der Waals surface area contributed by atoms with E-state index >= 15 is 0 Å². The molecule has 2 aromatic rings. The molecule has 1 heterocycles. The van der Waals surface area contributed by atoms with Crippen molar-refractivity contribution in [2.24, 2.45) is 5.92 Å². The van der Waals surface area contributed by atoms with Gasteiger partial charge in [-0.2, -0.15) is 0 Å². The zero-order valence-electron chi connectivity index (χ0n) is 20.3. The van der Waals surface area contributed by atoms with Crippen molar-refractivity contribution in [3.8, 4) is 5.75 Å². The smallest absolute Gasteiger partial charge is 0.251 e. The Bertz CT molecular complexity index is 966. The summed E-state index contributed by atoms with van der Waals surface area (Å²) in [5.41, 5.74) is 1.60. The van der Waals surface area contributed by atoms with Crippen molar-refractivity contribution in [3.63, 3.8) is 0 Å². The van der Waals surface area contributed by atoms with Crippen LogP contribution in [0.4, 0.5) is 0 Å². The van der Waals surface area contributed by atoms with Crippen LogP contribution in [-0.2, 0) is 16.1 Å². The van der Waals surface area contributed by atoms with Crippen LogP contribution in [-0.4, -0.2) is 48.9 Å². The maximum atomic E-state index is 11.8. The number of hydrogen-bond acceptors (Lipinski definition) is 4. The monoisotopic (exact) mass is 487 g/mol. The summed E-state index contributed by atoms with van der Waals surface area (Å²) in [6.07, 6.45) is 1.86. The fraction of sp³-hybridized carbons (Fsp3) is 0.423. The van der Waals surface area contributed by atoms with E-state index in [0.29, 0.717) is 34.6 Å². The number of rotatable bonds is 7. The zero-order valence-corrected chi connectivity index (χ0v) is 21.0. The Kier molecular flexibility index (Phi) is 10.9. The van der Waals surface area contributed by atoms with Crippen LogP contribution < -0.4 is 15.4 Å². The third-order valence-corrected chi connectivity index (χ3v) is 5.52. The Morgan fingerprint density at radius 1 is 1.18 bits per heavy atom. The number of ether oxygens (including phenoxy) is 1. The van der Waals surface area contributed by atoms with E-state index in [1.54, 1.807) is 12.1 Å².